The first-order chi connectivity index (χ1) is 12.8. The van der Waals surface area contributed by atoms with Gasteiger partial charge < -0.3 is 9.47 Å². The Labute approximate surface area is 152 Å². The monoisotopic (exact) mass is 366 g/mol. The van der Waals surface area contributed by atoms with Crippen molar-refractivity contribution in [1.29, 1.82) is 0 Å². The quantitative estimate of drug-likeness (QED) is 0.486. The molecule has 8 heteroatoms. The average molecular weight is 366 g/mol. The Morgan fingerprint density at radius 3 is 2.73 bits per heavy atom. The molecule has 0 saturated carbocycles. The number of hydrogen-bond donors (Lipinski definition) is 0. The third-order valence-electron chi connectivity index (χ3n) is 3.67. The lowest BCUT2D eigenvalue weighted by molar-refractivity contribution is -0.120. The lowest BCUT2D eigenvalue weighted by Gasteiger charge is -2.02. The van der Waals surface area contributed by atoms with Gasteiger partial charge in [0.2, 0.25) is 16.9 Å². The Morgan fingerprint density at radius 1 is 1.12 bits per heavy atom. The van der Waals surface area contributed by atoms with Crippen molar-refractivity contribution < 1.29 is 14.3 Å². The van der Waals surface area contributed by atoms with Gasteiger partial charge in [-0.2, -0.15) is 19.7 Å². The minimum Gasteiger partial charge on any atom is -0.478 e. The Hall–Kier alpha value is -3.26. The molecule has 0 atom stereocenters. The molecular formula is C18H14N4O3S. The Bertz CT molecular complexity index is 1060. The van der Waals surface area contributed by atoms with Crippen molar-refractivity contribution in [3.05, 3.63) is 47.8 Å². The van der Waals surface area contributed by atoms with Crippen LogP contribution in [0.25, 0.3) is 27.4 Å². The summed E-state index contributed by atoms with van der Waals surface area (Å²) < 4.78 is 12.0. The molecule has 26 heavy (non-hydrogen) atoms. The molecule has 0 radical (unpaired) electrons. The van der Waals surface area contributed by atoms with E-state index in [0.29, 0.717) is 29.7 Å². The minimum atomic E-state index is 0.228. The van der Waals surface area contributed by atoms with Crippen LogP contribution >= 0.6 is 11.3 Å². The Balaban J connectivity index is 1.92. The molecule has 0 amide bonds. The van der Waals surface area contributed by atoms with Gasteiger partial charge in [-0.05, 0) is 13.0 Å². The van der Waals surface area contributed by atoms with E-state index in [-0.39, 0.29) is 5.88 Å². The molecule has 4 rings (SSSR count). The lowest BCUT2D eigenvalue weighted by atomic mass is 10.1. The number of carbonyl (C=O) groups excluding carboxylic acids is 1. The topological polar surface area (TPSA) is 79.1 Å². The van der Waals surface area contributed by atoms with E-state index in [2.05, 4.69) is 9.97 Å². The van der Waals surface area contributed by atoms with Crippen LogP contribution in [0.5, 0.6) is 11.8 Å². The molecule has 7 nitrogen and oxygen atoms in total. The highest BCUT2D eigenvalue weighted by Crippen LogP contribution is 2.31. The molecule has 3 aromatic heterocycles. The van der Waals surface area contributed by atoms with Crippen LogP contribution in [-0.2, 0) is 4.79 Å². The van der Waals surface area contributed by atoms with Crippen molar-refractivity contribution in [2.75, 3.05) is 6.61 Å². The maximum Gasteiger partial charge on any atom is 0.299 e. The number of pyridine rings is 1. The molecule has 1 aromatic carbocycles. The zero-order chi connectivity index (χ0) is 17.9. The van der Waals surface area contributed by atoms with Crippen LogP contribution in [0, 0.1) is 0 Å². The van der Waals surface area contributed by atoms with Crippen molar-refractivity contribution in [1.82, 2.24) is 19.7 Å². The SMILES string of the molecule is CCOc1ccc2c(-c3ccccc3)nn(-c3nc(OC=O)cs3)c2n1. The molecule has 0 saturated heterocycles. The minimum absolute atomic E-state index is 0.228. The van der Waals surface area contributed by atoms with Gasteiger partial charge in [-0.3, -0.25) is 4.79 Å². The molecule has 0 bridgehead atoms. The van der Waals surface area contributed by atoms with Gasteiger partial charge in [0.05, 0.1) is 12.0 Å². The van der Waals surface area contributed by atoms with Gasteiger partial charge >= 0.3 is 0 Å². The molecular weight excluding hydrogens is 352 g/mol. The summed E-state index contributed by atoms with van der Waals surface area (Å²) in [4.78, 5) is 19.4. The fraction of sp³-hybridized carbons (Fsp3) is 0.111. The summed E-state index contributed by atoms with van der Waals surface area (Å²) in [6.07, 6.45) is 0. The van der Waals surface area contributed by atoms with E-state index < -0.39 is 0 Å². The van der Waals surface area contributed by atoms with Crippen LogP contribution in [0.15, 0.2) is 47.8 Å². The van der Waals surface area contributed by atoms with Crippen LogP contribution < -0.4 is 9.47 Å². The number of fused-ring (bicyclic) bond motifs is 1. The van der Waals surface area contributed by atoms with Crippen LogP contribution in [0.4, 0.5) is 0 Å². The van der Waals surface area contributed by atoms with Gasteiger partial charge in [0, 0.05) is 17.0 Å². The normalized spacial score (nSPS) is 10.8. The highest BCUT2D eigenvalue weighted by atomic mass is 32.1. The van der Waals surface area contributed by atoms with Crippen LogP contribution in [0.2, 0.25) is 0 Å². The summed E-state index contributed by atoms with van der Waals surface area (Å²) >= 11 is 1.31. The highest BCUT2D eigenvalue weighted by molar-refractivity contribution is 7.12. The fourth-order valence-electron chi connectivity index (χ4n) is 2.60. The van der Waals surface area contributed by atoms with Gasteiger partial charge in [0.15, 0.2) is 5.65 Å². The molecule has 0 fully saturated rings. The summed E-state index contributed by atoms with van der Waals surface area (Å²) in [6, 6.07) is 13.6. The number of ether oxygens (including phenoxy) is 2. The number of rotatable bonds is 6. The fourth-order valence-corrected chi connectivity index (χ4v) is 3.28. The first-order valence-electron chi connectivity index (χ1n) is 7.94. The molecule has 0 spiro atoms. The summed E-state index contributed by atoms with van der Waals surface area (Å²) in [5.74, 6) is 0.743. The zero-order valence-corrected chi connectivity index (χ0v) is 14.6. The Morgan fingerprint density at radius 2 is 1.96 bits per heavy atom. The summed E-state index contributed by atoms with van der Waals surface area (Å²) in [5, 5.41) is 7.79. The van der Waals surface area contributed by atoms with Crippen molar-refractivity contribution in [3.63, 3.8) is 0 Å². The molecule has 0 N–H and O–H groups in total. The predicted octanol–water partition coefficient (Wildman–Crippen LogP) is 3.48. The second-order valence-electron chi connectivity index (χ2n) is 5.26. The van der Waals surface area contributed by atoms with Gasteiger partial charge in [-0.1, -0.05) is 41.7 Å². The molecule has 0 aliphatic heterocycles. The van der Waals surface area contributed by atoms with Crippen molar-refractivity contribution in [3.8, 4) is 28.1 Å². The van der Waals surface area contributed by atoms with E-state index in [1.54, 1.807) is 10.1 Å². The maximum absolute atomic E-state index is 10.5. The van der Waals surface area contributed by atoms with Gasteiger partial charge in [0.25, 0.3) is 6.47 Å². The molecule has 0 unspecified atom stereocenters. The van der Waals surface area contributed by atoms with Crippen molar-refractivity contribution >= 4 is 28.8 Å². The summed E-state index contributed by atoms with van der Waals surface area (Å²) in [5.41, 5.74) is 2.40. The van der Waals surface area contributed by atoms with Crippen LogP contribution in [-0.4, -0.2) is 32.8 Å². The first-order valence-corrected chi connectivity index (χ1v) is 8.82. The van der Waals surface area contributed by atoms with E-state index in [1.165, 1.54) is 11.3 Å². The number of thiazole rings is 1. The van der Waals surface area contributed by atoms with Gasteiger partial charge in [0.1, 0.15) is 5.69 Å². The molecule has 3 heterocycles. The maximum atomic E-state index is 10.5. The van der Waals surface area contributed by atoms with Crippen molar-refractivity contribution in [2.45, 2.75) is 6.92 Å². The highest BCUT2D eigenvalue weighted by Gasteiger charge is 2.18. The number of hydrogen-bond acceptors (Lipinski definition) is 7. The van der Waals surface area contributed by atoms with E-state index >= 15 is 0 Å². The average Bonchev–Trinajstić information content (AvgIpc) is 3.27. The third-order valence-corrected chi connectivity index (χ3v) is 4.46. The van der Waals surface area contributed by atoms with Crippen molar-refractivity contribution in [2.24, 2.45) is 0 Å². The van der Waals surface area contributed by atoms with Gasteiger partial charge in [-0.15, -0.1) is 0 Å². The number of nitrogens with zero attached hydrogens (tertiary/aromatic N) is 4. The molecule has 130 valence electrons. The first kappa shape index (κ1) is 16.2. The van der Waals surface area contributed by atoms with Crippen LogP contribution in [0.1, 0.15) is 6.92 Å². The zero-order valence-electron chi connectivity index (χ0n) is 13.8. The van der Waals surface area contributed by atoms with E-state index in [9.17, 15) is 4.79 Å². The second kappa shape index (κ2) is 6.93. The molecule has 4 aromatic rings. The summed E-state index contributed by atoms with van der Waals surface area (Å²) in [7, 11) is 0. The number of carbonyl (C=O) groups is 1. The third kappa shape index (κ3) is 2.91. The van der Waals surface area contributed by atoms with Gasteiger partial charge in [-0.25, -0.2) is 0 Å². The molecule has 0 aliphatic rings. The standard InChI is InChI=1S/C18H14N4O3S/c1-2-24-14-9-8-13-16(12-6-4-3-5-7-12)21-22(17(13)19-14)18-20-15(10-26-18)25-11-23/h3-11H,2H2,1H3. The van der Waals surface area contributed by atoms with E-state index in [4.69, 9.17) is 14.6 Å². The largest absolute Gasteiger partial charge is 0.478 e. The number of aromatic nitrogens is 4. The molecule has 0 aliphatic carbocycles. The lowest BCUT2D eigenvalue weighted by Crippen LogP contribution is -2.00. The second-order valence-corrected chi connectivity index (χ2v) is 6.10. The predicted molar refractivity (Wildman–Crippen MR) is 97.8 cm³/mol. The smallest absolute Gasteiger partial charge is 0.299 e. The summed E-state index contributed by atoms with van der Waals surface area (Å²) in [6.45, 7) is 2.77. The Kier molecular flexibility index (Phi) is 4.32. The number of benzene rings is 1. The van der Waals surface area contributed by atoms with E-state index in [1.807, 2.05) is 49.4 Å². The van der Waals surface area contributed by atoms with Crippen LogP contribution in [0.3, 0.4) is 0 Å². The van der Waals surface area contributed by atoms with E-state index in [0.717, 1.165) is 16.6 Å².